The fraction of sp³-hybridized carbons (Fsp3) is 0.440. The molecule has 0 atom stereocenters. The first kappa shape index (κ1) is 24.0. The Morgan fingerprint density at radius 1 is 1.17 bits per heavy atom. The van der Waals surface area contributed by atoms with Crippen LogP contribution >= 0.6 is 0 Å². The van der Waals surface area contributed by atoms with Crippen molar-refractivity contribution < 1.29 is 19.0 Å². The highest BCUT2D eigenvalue weighted by Gasteiger charge is 2.19. The fourth-order valence-electron chi connectivity index (χ4n) is 4.28. The van der Waals surface area contributed by atoms with E-state index >= 15 is 0 Å². The van der Waals surface area contributed by atoms with Crippen LogP contribution in [0.5, 0.6) is 11.5 Å². The van der Waals surface area contributed by atoms with E-state index in [1.165, 1.54) is 0 Å². The molecule has 1 amide bonds. The number of hydrogen-bond donors (Lipinski definition) is 2. The molecule has 0 aliphatic carbocycles. The number of pyridine rings is 1. The zero-order valence-electron chi connectivity index (χ0n) is 20.3. The Morgan fingerprint density at radius 3 is 2.83 bits per heavy atom. The van der Waals surface area contributed by atoms with Crippen molar-refractivity contribution in [3.8, 4) is 22.8 Å². The number of nitrogens with zero attached hydrogens (tertiary/aromatic N) is 4. The summed E-state index contributed by atoms with van der Waals surface area (Å²) in [5.74, 6) is 1.41. The standard InChI is InChI=1S/C25H30N6O5/c1-2-10-34-11-9-31-20-13-18(17-3-4-21-22(12-17)36-16-35-21)27-14-19(20)29-24(25(31)33)28-15-23(32)30-7-5-26-6-8-30/h3-4,12-14,26H,2,5-11,15-16H2,1H3,(H,28,29). The first-order valence-electron chi connectivity index (χ1n) is 12.2. The Morgan fingerprint density at radius 2 is 2.00 bits per heavy atom. The lowest BCUT2D eigenvalue weighted by molar-refractivity contribution is -0.129. The van der Waals surface area contributed by atoms with Gasteiger partial charge in [-0.15, -0.1) is 0 Å². The average Bonchev–Trinajstić information content (AvgIpc) is 3.39. The molecule has 4 heterocycles. The minimum Gasteiger partial charge on any atom is -0.454 e. The lowest BCUT2D eigenvalue weighted by Gasteiger charge is -2.27. The van der Waals surface area contributed by atoms with Crippen LogP contribution in [-0.2, 0) is 16.1 Å². The number of carbonyl (C=O) groups is 1. The smallest absolute Gasteiger partial charge is 0.293 e. The van der Waals surface area contributed by atoms with Crippen molar-refractivity contribution in [2.75, 3.05) is 58.0 Å². The van der Waals surface area contributed by atoms with E-state index < -0.39 is 0 Å². The van der Waals surface area contributed by atoms with Gasteiger partial charge in [0.05, 0.1) is 30.6 Å². The van der Waals surface area contributed by atoms with E-state index in [9.17, 15) is 9.59 Å². The number of hydrogen-bond acceptors (Lipinski definition) is 9. The summed E-state index contributed by atoms with van der Waals surface area (Å²) < 4.78 is 18.2. The molecule has 1 fully saturated rings. The summed E-state index contributed by atoms with van der Waals surface area (Å²) >= 11 is 0. The Bertz CT molecular complexity index is 1300. The molecule has 190 valence electrons. The number of anilines is 1. The Hall–Kier alpha value is -3.70. The number of fused-ring (bicyclic) bond motifs is 2. The zero-order valence-corrected chi connectivity index (χ0v) is 20.3. The van der Waals surface area contributed by atoms with Gasteiger partial charge in [0.25, 0.3) is 5.56 Å². The molecule has 2 aliphatic rings. The quantitative estimate of drug-likeness (QED) is 0.426. The van der Waals surface area contributed by atoms with Gasteiger partial charge in [-0.25, -0.2) is 4.98 Å². The highest BCUT2D eigenvalue weighted by atomic mass is 16.7. The highest BCUT2D eigenvalue weighted by Crippen LogP contribution is 2.35. The van der Waals surface area contributed by atoms with Gasteiger partial charge in [0.1, 0.15) is 5.52 Å². The van der Waals surface area contributed by atoms with Gasteiger partial charge in [-0.3, -0.25) is 14.6 Å². The summed E-state index contributed by atoms with van der Waals surface area (Å²) in [6.07, 6.45) is 2.53. The van der Waals surface area contributed by atoms with Crippen molar-refractivity contribution in [1.29, 1.82) is 0 Å². The van der Waals surface area contributed by atoms with Crippen LogP contribution in [0.25, 0.3) is 22.3 Å². The van der Waals surface area contributed by atoms with Crippen molar-refractivity contribution >= 4 is 22.8 Å². The second-order valence-corrected chi connectivity index (χ2v) is 8.64. The second kappa shape index (κ2) is 10.9. The topological polar surface area (TPSA) is 120 Å². The van der Waals surface area contributed by atoms with Crippen molar-refractivity contribution in [1.82, 2.24) is 24.8 Å². The zero-order chi connectivity index (χ0) is 24.9. The number of ether oxygens (including phenoxy) is 3. The molecule has 2 aromatic heterocycles. The van der Waals surface area contributed by atoms with E-state index in [0.29, 0.717) is 61.1 Å². The minimum absolute atomic E-state index is 0.00277. The third-order valence-corrected chi connectivity index (χ3v) is 6.19. The first-order valence-corrected chi connectivity index (χ1v) is 12.2. The molecule has 2 N–H and O–H groups in total. The van der Waals surface area contributed by atoms with Crippen LogP contribution in [-0.4, -0.2) is 78.1 Å². The molecule has 0 saturated carbocycles. The van der Waals surface area contributed by atoms with Crippen molar-refractivity contribution in [2.24, 2.45) is 0 Å². The minimum atomic E-state index is -0.307. The monoisotopic (exact) mass is 494 g/mol. The number of piperazine rings is 1. The SMILES string of the molecule is CCCOCCn1c(=O)c(NCC(=O)N2CCNCC2)nc2cnc(-c3ccc4c(c3)OCO4)cc21. The van der Waals surface area contributed by atoms with E-state index in [2.05, 4.69) is 20.6 Å². The van der Waals surface area contributed by atoms with Crippen LogP contribution in [0.1, 0.15) is 13.3 Å². The first-order chi connectivity index (χ1) is 17.6. The van der Waals surface area contributed by atoms with Gasteiger partial charge in [-0.05, 0) is 30.7 Å². The molecule has 1 saturated heterocycles. The van der Waals surface area contributed by atoms with Crippen molar-refractivity contribution in [3.63, 3.8) is 0 Å². The van der Waals surface area contributed by atoms with Gasteiger partial charge in [-0.2, -0.15) is 0 Å². The molecular weight excluding hydrogens is 464 g/mol. The van der Waals surface area contributed by atoms with Gasteiger partial charge in [-0.1, -0.05) is 6.92 Å². The molecule has 5 rings (SSSR count). The van der Waals surface area contributed by atoms with Gasteiger partial charge in [0, 0.05) is 44.9 Å². The van der Waals surface area contributed by atoms with Crippen LogP contribution in [0.3, 0.4) is 0 Å². The van der Waals surface area contributed by atoms with E-state index in [1.54, 1.807) is 15.7 Å². The molecule has 0 unspecified atom stereocenters. The van der Waals surface area contributed by atoms with Crippen LogP contribution in [0, 0.1) is 0 Å². The number of nitrogens with one attached hydrogen (secondary N) is 2. The molecule has 0 spiro atoms. The maximum absolute atomic E-state index is 13.4. The Balaban J connectivity index is 1.45. The Labute approximate surface area is 208 Å². The van der Waals surface area contributed by atoms with Crippen LogP contribution in [0.15, 0.2) is 35.3 Å². The molecule has 0 radical (unpaired) electrons. The van der Waals surface area contributed by atoms with E-state index in [4.69, 9.17) is 14.2 Å². The summed E-state index contributed by atoms with van der Waals surface area (Å²) in [4.78, 5) is 36.9. The van der Waals surface area contributed by atoms with E-state index in [1.807, 2.05) is 31.2 Å². The molecule has 11 heteroatoms. The van der Waals surface area contributed by atoms with Crippen LogP contribution in [0.2, 0.25) is 0 Å². The van der Waals surface area contributed by atoms with Gasteiger partial charge >= 0.3 is 0 Å². The largest absolute Gasteiger partial charge is 0.454 e. The normalized spacial score (nSPS) is 14.9. The van der Waals surface area contributed by atoms with Crippen molar-refractivity contribution in [3.05, 3.63) is 40.8 Å². The number of amides is 1. The maximum atomic E-state index is 13.4. The van der Waals surface area contributed by atoms with E-state index in [-0.39, 0.29) is 30.6 Å². The van der Waals surface area contributed by atoms with Crippen LogP contribution in [0.4, 0.5) is 5.82 Å². The maximum Gasteiger partial charge on any atom is 0.293 e. The lowest BCUT2D eigenvalue weighted by Crippen LogP contribution is -2.48. The molecular formula is C25H30N6O5. The van der Waals surface area contributed by atoms with Crippen molar-refractivity contribution in [2.45, 2.75) is 19.9 Å². The van der Waals surface area contributed by atoms with Crippen LogP contribution < -0.4 is 25.7 Å². The number of aromatic nitrogens is 3. The van der Waals surface area contributed by atoms with Gasteiger partial charge in [0.2, 0.25) is 12.7 Å². The molecule has 2 aliphatic heterocycles. The summed E-state index contributed by atoms with van der Waals surface area (Å²) in [7, 11) is 0. The summed E-state index contributed by atoms with van der Waals surface area (Å²) in [6.45, 7) is 6.41. The Kier molecular flexibility index (Phi) is 7.28. The molecule has 0 bridgehead atoms. The predicted molar refractivity (Wildman–Crippen MR) is 134 cm³/mol. The summed E-state index contributed by atoms with van der Waals surface area (Å²) in [5, 5.41) is 6.19. The lowest BCUT2D eigenvalue weighted by atomic mass is 10.1. The number of rotatable bonds is 9. The van der Waals surface area contributed by atoms with Gasteiger partial charge < -0.3 is 34.3 Å². The molecule has 1 aromatic carbocycles. The molecule has 11 nitrogen and oxygen atoms in total. The highest BCUT2D eigenvalue weighted by molar-refractivity contribution is 5.83. The van der Waals surface area contributed by atoms with Gasteiger partial charge in [0.15, 0.2) is 17.3 Å². The number of carbonyl (C=O) groups excluding carboxylic acids is 1. The third kappa shape index (κ3) is 5.12. The molecule has 36 heavy (non-hydrogen) atoms. The average molecular weight is 495 g/mol. The van der Waals surface area contributed by atoms with E-state index in [0.717, 1.165) is 25.1 Å². The second-order valence-electron chi connectivity index (χ2n) is 8.64. The summed E-state index contributed by atoms with van der Waals surface area (Å²) in [5.41, 5.74) is 2.40. The summed E-state index contributed by atoms with van der Waals surface area (Å²) in [6, 6.07) is 7.46. The predicted octanol–water partition coefficient (Wildman–Crippen LogP) is 1.46. The number of benzene rings is 1. The fourth-order valence-corrected chi connectivity index (χ4v) is 4.28. The third-order valence-electron chi connectivity index (χ3n) is 6.19. The molecule has 3 aromatic rings.